The molecule has 0 aliphatic rings. The molecule has 40 heavy (non-hydrogen) atoms. The predicted octanol–water partition coefficient (Wildman–Crippen LogP) is 12.1. The lowest BCUT2D eigenvalue weighted by Gasteiger charge is -2.18. The number of ether oxygens (including phenoxy) is 1. The minimum absolute atomic E-state index is 0.0132. The molecule has 0 heterocycles. The topological polar surface area (TPSA) is 63.6 Å². The number of hydrogen-bond donors (Lipinski definition) is 1. The number of hydrogen-bond acceptors (Lipinski definition) is 3. The van der Waals surface area contributed by atoms with Crippen LogP contribution in [-0.4, -0.2) is 23.1 Å². The predicted molar refractivity (Wildman–Crippen MR) is 172 cm³/mol. The quantitative estimate of drug-likeness (QED) is 0.0633. The van der Waals surface area contributed by atoms with E-state index in [4.69, 9.17) is 9.84 Å². The third kappa shape index (κ3) is 31.5. The first-order chi connectivity index (χ1) is 19.6. The van der Waals surface area contributed by atoms with Crippen molar-refractivity contribution in [2.75, 3.05) is 0 Å². The van der Waals surface area contributed by atoms with Gasteiger partial charge in [0, 0.05) is 12.8 Å². The van der Waals surface area contributed by atoms with Gasteiger partial charge in [-0.05, 0) is 38.5 Å². The van der Waals surface area contributed by atoms with Crippen LogP contribution in [0.4, 0.5) is 0 Å². The molecule has 0 aliphatic heterocycles. The number of carbonyl (C=O) groups excluding carboxylic acids is 1. The maximum absolute atomic E-state index is 12.4. The van der Waals surface area contributed by atoms with Crippen LogP contribution in [0, 0.1) is 0 Å². The molecule has 1 N–H and O–H groups in total. The average Bonchev–Trinajstić information content (AvgIpc) is 2.93. The normalized spacial score (nSPS) is 12.1. The number of rotatable bonds is 33. The van der Waals surface area contributed by atoms with Gasteiger partial charge in [-0.3, -0.25) is 9.59 Å². The molecule has 1 atom stereocenters. The zero-order chi connectivity index (χ0) is 29.4. The van der Waals surface area contributed by atoms with Gasteiger partial charge in [0.15, 0.2) is 0 Å². The van der Waals surface area contributed by atoms with Crippen molar-refractivity contribution >= 4 is 11.9 Å². The van der Waals surface area contributed by atoms with E-state index in [-0.39, 0.29) is 18.5 Å². The fourth-order valence-electron chi connectivity index (χ4n) is 5.66. The lowest BCUT2D eigenvalue weighted by molar-refractivity contribution is -0.150. The molecule has 0 aromatic rings. The highest BCUT2D eigenvalue weighted by molar-refractivity contribution is 5.69. The van der Waals surface area contributed by atoms with E-state index in [2.05, 4.69) is 13.8 Å². The minimum Gasteiger partial charge on any atom is -0.481 e. The van der Waals surface area contributed by atoms with E-state index < -0.39 is 5.97 Å². The van der Waals surface area contributed by atoms with Crippen molar-refractivity contribution in [1.29, 1.82) is 0 Å². The molecular weight excluding hydrogens is 496 g/mol. The Bertz CT molecular complexity index is 533. The Morgan fingerprint density at radius 1 is 0.450 bits per heavy atom. The molecule has 0 radical (unpaired) electrons. The van der Waals surface area contributed by atoms with Crippen molar-refractivity contribution in [3.05, 3.63) is 0 Å². The summed E-state index contributed by atoms with van der Waals surface area (Å²) in [6.45, 7) is 4.50. The van der Waals surface area contributed by atoms with Gasteiger partial charge >= 0.3 is 11.9 Å². The van der Waals surface area contributed by atoms with E-state index in [1.54, 1.807) is 0 Å². The molecule has 0 spiro atoms. The fraction of sp³-hybridized carbons (Fsp3) is 0.944. The number of carboxylic acids is 1. The van der Waals surface area contributed by atoms with Crippen LogP contribution in [-0.2, 0) is 14.3 Å². The molecule has 0 rings (SSSR count). The molecule has 4 heteroatoms. The first-order valence-electron chi connectivity index (χ1n) is 18.0. The molecule has 1 unspecified atom stereocenters. The SMILES string of the molecule is CCCCCCCCCCCCCCCCCCCCCCC(=O)OC(CCCCCC)CCCCCC(=O)O. The van der Waals surface area contributed by atoms with Gasteiger partial charge in [-0.1, -0.05) is 162 Å². The molecule has 0 amide bonds. The van der Waals surface area contributed by atoms with Crippen molar-refractivity contribution in [3.8, 4) is 0 Å². The van der Waals surface area contributed by atoms with E-state index in [0.29, 0.717) is 12.8 Å². The molecule has 0 aromatic heterocycles. The maximum atomic E-state index is 12.4. The zero-order valence-corrected chi connectivity index (χ0v) is 27.2. The highest BCUT2D eigenvalue weighted by atomic mass is 16.5. The van der Waals surface area contributed by atoms with Gasteiger partial charge in [-0.15, -0.1) is 0 Å². The summed E-state index contributed by atoms with van der Waals surface area (Å²) in [5.74, 6) is -0.759. The van der Waals surface area contributed by atoms with Crippen LogP contribution < -0.4 is 0 Å². The molecule has 0 aliphatic carbocycles. The second-order valence-electron chi connectivity index (χ2n) is 12.4. The lowest BCUT2D eigenvalue weighted by atomic mass is 10.0. The number of unbranched alkanes of at least 4 members (excludes halogenated alkanes) is 24. The largest absolute Gasteiger partial charge is 0.481 e. The van der Waals surface area contributed by atoms with Crippen LogP contribution in [0.25, 0.3) is 0 Å². The van der Waals surface area contributed by atoms with Gasteiger partial charge in [0.05, 0.1) is 0 Å². The number of esters is 1. The molecule has 238 valence electrons. The smallest absolute Gasteiger partial charge is 0.306 e. The molecule has 0 saturated heterocycles. The molecule has 0 bridgehead atoms. The van der Waals surface area contributed by atoms with Crippen LogP contribution in [0.1, 0.15) is 213 Å². The van der Waals surface area contributed by atoms with E-state index in [9.17, 15) is 9.59 Å². The monoisotopic (exact) mass is 567 g/mol. The van der Waals surface area contributed by atoms with Crippen molar-refractivity contribution in [1.82, 2.24) is 0 Å². The Morgan fingerprint density at radius 2 is 0.750 bits per heavy atom. The summed E-state index contributed by atoms with van der Waals surface area (Å²) < 4.78 is 5.84. The summed E-state index contributed by atoms with van der Waals surface area (Å²) in [7, 11) is 0. The van der Waals surface area contributed by atoms with Crippen LogP contribution >= 0.6 is 0 Å². The van der Waals surface area contributed by atoms with E-state index in [0.717, 1.165) is 44.9 Å². The van der Waals surface area contributed by atoms with Crippen molar-refractivity contribution < 1.29 is 19.4 Å². The van der Waals surface area contributed by atoms with Crippen LogP contribution in [0.2, 0.25) is 0 Å². The molecule has 4 nitrogen and oxygen atoms in total. The Balaban J connectivity index is 3.58. The third-order valence-corrected chi connectivity index (χ3v) is 8.33. The van der Waals surface area contributed by atoms with Gasteiger partial charge < -0.3 is 9.84 Å². The summed E-state index contributed by atoms with van der Waals surface area (Å²) in [5.41, 5.74) is 0. The highest BCUT2D eigenvalue weighted by Gasteiger charge is 2.14. The summed E-state index contributed by atoms with van der Waals surface area (Å²) in [4.78, 5) is 23.1. The first-order valence-corrected chi connectivity index (χ1v) is 18.0. The maximum Gasteiger partial charge on any atom is 0.306 e. The second kappa shape index (κ2) is 32.5. The molecule has 0 saturated carbocycles. The van der Waals surface area contributed by atoms with Crippen LogP contribution in [0.15, 0.2) is 0 Å². The standard InChI is InChI=1S/C36H70O4/c1-3-5-7-9-10-11-12-13-14-15-16-17-18-19-20-21-22-23-24-29-33-36(39)40-34(30-26-8-6-4-2)31-27-25-28-32-35(37)38/h34H,3-33H2,1-2H3,(H,37,38). The third-order valence-electron chi connectivity index (χ3n) is 8.33. The van der Waals surface area contributed by atoms with Gasteiger partial charge in [0.1, 0.15) is 6.10 Å². The minimum atomic E-state index is -0.725. The second-order valence-corrected chi connectivity index (χ2v) is 12.4. The molecule has 0 aromatic carbocycles. The Labute approximate surface area is 250 Å². The fourth-order valence-corrected chi connectivity index (χ4v) is 5.66. The van der Waals surface area contributed by atoms with Gasteiger partial charge in [0.25, 0.3) is 0 Å². The average molecular weight is 567 g/mol. The Kier molecular flexibility index (Phi) is 31.6. The van der Waals surface area contributed by atoms with Crippen LogP contribution in [0.3, 0.4) is 0 Å². The van der Waals surface area contributed by atoms with Gasteiger partial charge in [-0.25, -0.2) is 0 Å². The summed E-state index contributed by atoms with van der Waals surface area (Å²) in [6, 6.07) is 0. The molecule has 0 fully saturated rings. The zero-order valence-electron chi connectivity index (χ0n) is 27.2. The van der Waals surface area contributed by atoms with Gasteiger partial charge in [0.2, 0.25) is 0 Å². The highest BCUT2D eigenvalue weighted by Crippen LogP contribution is 2.18. The molecular formula is C36H70O4. The Morgan fingerprint density at radius 3 is 1.12 bits per heavy atom. The van der Waals surface area contributed by atoms with E-state index in [1.807, 2.05) is 0 Å². The van der Waals surface area contributed by atoms with Crippen LogP contribution in [0.5, 0.6) is 0 Å². The summed E-state index contributed by atoms with van der Waals surface area (Å²) in [6.07, 6.45) is 37.2. The van der Waals surface area contributed by atoms with Crippen molar-refractivity contribution in [2.45, 2.75) is 219 Å². The van der Waals surface area contributed by atoms with Crippen molar-refractivity contribution in [2.24, 2.45) is 0 Å². The van der Waals surface area contributed by atoms with E-state index in [1.165, 1.54) is 135 Å². The number of carbonyl (C=O) groups is 2. The summed E-state index contributed by atoms with van der Waals surface area (Å²) >= 11 is 0. The Hall–Kier alpha value is -1.06. The summed E-state index contributed by atoms with van der Waals surface area (Å²) in [5, 5.41) is 8.79. The van der Waals surface area contributed by atoms with Gasteiger partial charge in [-0.2, -0.15) is 0 Å². The van der Waals surface area contributed by atoms with Crippen molar-refractivity contribution in [3.63, 3.8) is 0 Å². The number of carboxylic acid groups (broad SMARTS) is 1. The van der Waals surface area contributed by atoms with E-state index >= 15 is 0 Å². The lowest BCUT2D eigenvalue weighted by Crippen LogP contribution is -2.18. The first kappa shape index (κ1) is 38.9. The number of aliphatic carboxylic acids is 1.